The lowest BCUT2D eigenvalue weighted by Gasteiger charge is -2.29. The molecule has 154 valence electrons. The highest BCUT2D eigenvalue weighted by atomic mass is 127. The Bertz CT molecular complexity index is 627. The number of ether oxygens (including phenoxy) is 1. The second kappa shape index (κ2) is 11.3. The number of hydrogen-bond acceptors (Lipinski definition) is 4. The maximum absolute atomic E-state index is 12.0. The van der Waals surface area contributed by atoms with Crippen LogP contribution in [0, 0.1) is 6.92 Å². The van der Waals surface area contributed by atoms with Crippen molar-refractivity contribution >= 4 is 36.0 Å². The van der Waals surface area contributed by atoms with Crippen molar-refractivity contribution in [3.63, 3.8) is 0 Å². The number of pyridine rings is 1. The molecule has 0 saturated heterocycles. The van der Waals surface area contributed by atoms with Crippen LogP contribution in [-0.2, 0) is 11.3 Å². The molecule has 0 atom stereocenters. The van der Waals surface area contributed by atoms with Crippen molar-refractivity contribution < 1.29 is 9.53 Å². The molecule has 1 heterocycles. The van der Waals surface area contributed by atoms with Crippen LogP contribution in [-0.4, -0.2) is 41.3 Å². The molecule has 0 aliphatic carbocycles. The number of alkyl carbamates (subject to hydrolysis) is 1. The normalized spacial score (nSPS) is 12.0. The van der Waals surface area contributed by atoms with Crippen molar-refractivity contribution in [2.24, 2.45) is 4.99 Å². The molecule has 0 aliphatic rings. The molecular formula is C19H34IN5O2. The van der Waals surface area contributed by atoms with Gasteiger partial charge < -0.3 is 20.7 Å². The SMILES string of the molecule is CCNC(=NCc1cccc(C)n1)NCC(C)(C)NC(=O)OC(C)(C)C.I. The molecule has 0 unspecified atom stereocenters. The summed E-state index contributed by atoms with van der Waals surface area (Å²) in [6.45, 7) is 15.1. The van der Waals surface area contributed by atoms with E-state index in [9.17, 15) is 4.79 Å². The van der Waals surface area contributed by atoms with Gasteiger partial charge in [-0.25, -0.2) is 9.79 Å². The van der Waals surface area contributed by atoms with Crippen LogP contribution in [0.4, 0.5) is 4.79 Å². The number of aliphatic imine (C=N–C) groups is 1. The summed E-state index contributed by atoms with van der Waals surface area (Å²) in [5.41, 5.74) is 0.858. The summed E-state index contributed by atoms with van der Waals surface area (Å²) >= 11 is 0. The Balaban J connectivity index is 0.00000676. The highest BCUT2D eigenvalue weighted by Gasteiger charge is 2.24. The first-order valence-electron chi connectivity index (χ1n) is 8.96. The predicted molar refractivity (Wildman–Crippen MR) is 121 cm³/mol. The molecule has 0 radical (unpaired) electrons. The molecule has 1 amide bonds. The monoisotopic (exact) mass is 491 g/mol. The van der Waals surface area contributed by atoms with E-state index in [-0.39, 0.29) is 24.0 Å². The predicted octanol–water partition coefficient (Wildman–Crippen LogP) is 3.37. The van der Waals surface area contributed by atoms with E-state index in [2.05, 4.69) is 25.9 Å². The highest BCUT2D eigenvalue weighted by molar-refractivity contribution is 14.0. The van der Waals surface area contributed by atoms with Crippen molar-refractivity contribution in [2.45, 2.75) is 66.2 Å². The molecule has 0 spiro atoms. The molecule has 0 bridgehead atoms. The summed E-state index contributed by atoms with van der Waals surface area (Å²) in [5.74, 6) is 0.676. The van der Waals surface area contributed by atoms with Crippen LogP contribution in [0.2, 0.25) is 0 Å². The smallest absolute Gasteiger partial charge is 0.408 e. The maximum atomic E-state index is 12.0. The number of amides is 1. The number of guanidine groups is 1. The van der Waals surface area contributed by atoms with Crippen LogP contribution in [0.3, 0.4) is 0 Å². The standard InChI is InChI=1S/C19H33N5O2.HI/c1-8-20-16(21-12-15-11-9-10-14(2)23-15)22-13-19(6,7)24-17(25)26-18(3,4)5;/h9-11H,8,12-13H2,1-7H3,(H,24,25)(H2,20,21,22);1H. The van der Waals surface area contributed by atoms with Crippen LogP contribution in [0.1, 0.15) is 52.9 Å². The van der Waals surface area contributed by atoms with E-state index in [1.165, 1.54) is 0 Å². The summed E-state index contributed by atoms with van der Waals surface area (Å²) in [6, 6.07) is 5.89. The first-order valence-corrected chi connectivity index (χ1v) is 8.96. The Morgan fingerprint density at radius 2 is 1.85 bits per heavy atom. The van der Waals surface area contributed by atoms with E-state index in [4.69, 9.17) is 4.74 Å². The third-order valence-corrected chi connectivity index (χ3v) is 3.23. The Labute approximate surface area is 180 Å². The van der Waals surface area contributed by atoms with E-state index >= 15 is 0 Å². The van der Waals surface area contributed by atoms with Gasteiger partial charge in [0, 0.05) is 18.8 Å². The summed E-state index contributed by atoms with van der Waals surface area (Å²) in [7, 11) is 0. The first-order chi connectivity index (χ1) is 12.0. The van der Waals surface area contributed by atoms with Crippen molar-refractivity contribution in [1.82, 2.24) is 20.9 Å². The van der Waals surface area contributed by atoms with Gasteiger partial charge in [-0.1, -0.05) is 6.07 Å². The van der Waals surface area contributed by atoms with Gasteiger partial charge in [0.25, 0.3) is 0 Å². The van der Waals surface area contributed by atoms with Gasteiger partial charge in [-0.15, -0.1) is 24.0 Å². The third-order valence-electron chi connectivity index (χ3n) is 3.23. The van der Waals surface area contributed by atoms with Crippen LogP contribution < -0.4 is 16.0 Å². The Morgan fingerprint density at radius 3 is 2.41 bits per heavy atom. The topological polar surface area (TPSA) is 87.6 Å². The molecule has 0 saturated carbocycles. The molecule has 0 fully saturated rings. The number of aromatic nitrogens is 1. The van der Waals surface area contributed by atoms with Gasteiger partial charge in [-0.05, 0) is 60.6 Å². The van der Waals surface area contributed by atoms with Crippen molar-refractivity contribution in [2.75, 3.05) is 13.1 Å². The Kier molecular flexibility index (Phi) is 10.6. The van der Waals surface area contributed by atoms with E-state index in [1.54, 1.807) is 0 Å². The van der Waals surface area contributed by atoms with Gasteiger partial charge >= 0.3 is 6.09 Å². The van der Waals surface area contributed by atoms with E-state index in [0.29, 0.717) is 19.0 Å². The van der Waals surface area contributed by atoms with Crippen molar-refractivity contribution in [3.8, 4) is 0 Å². The first kappa shape index (κ1) is 25.4. The zero-order chi connectivity index (χ0) is 19.8. The van der Waals surface area contributed by atoms with Crippen molar-refractivity contribution in [1.29, 1.82) is 0 Å². The van der Waals surface area contributed by atoms with E-state index in [1.807, 2.05) is 66.7 Å². The average Bonchev–Trinajstić information content (AvgIpc) is 2.47. The minimum atomic E-state index is -0.523. The summed E-state index contributed by atoms with van der Waals surface area (Å²) in [5, 5.41) is 9.33. The van der Waals surface area contributed by atoms with Gasteiger partial charge in [-0.2, -0.15) is 0 Å². The number of rotatable bonds is 6. The van der Waals surface area contributed by atoms with E-state index in [0.717, 1.165) is 17.9 Å². The van der Waals surface area contributed by atoms with Gasteiger partial charge in [0.05, 0.1) is 17.8 Å². The van der Waals surface area contributed by atoms with E-state index < -0.39 is 17.2 Å². The van der Waals surface area contributed by atoms with Crippen molar-refractivity contribution in [3.05, 3.63) is 29.6 Å². The Morgan fingerprint density at radius 1 is 1.19 bits per heavy atom. The number of carbonyl (C=O) groups excluding carboxylic acids is 1. The molecule has 7 nitrogen and oxygen atoms in total. The zero-order valence-corrected chi connectivity index (χ0v) is 19.8. The van der Waals surface area contributed by atoms with Gasteiger partial charge in [0.2, 0.25) is 0 Å². The number of hydrogen-bond donors (Lipinski definition) is 3. The fourth-order valence-corrected chi connectivity index (χ4v) is 2.12. The number of nitrogens with zero attached hydrogens (tertiary/aromatic N) is 2. The zero-order valence-electron chi connectivity index (χ0n) is 17.5. The fourth-order valence-electron chi connectivity index (χ4n) is 2.12. The second-order valence-electron chi connectivity index (χ2n) is 7.83. The molecule has 8 heteroatoms. The molecule has 1 aromatic rings. The number of halogens is 1. The summed E-state index contributed by atoms with van der Waals surface area (Å²) in [6.07, 6.45) is -0.435. The lowest BCUT2D eigenvalue weighted by Crippen LogP contribution is -2.54. The van der Waals surface area contributed by atoms with Gasteiger partial charge in [0.15, 0.2) is 5.96 Å². The van der Waals surface area contributed by atoms with Gasteiger partial charge in [-0.3, -0.25) is 4.98 Å². The molecule has 0 aliphatic heterocycles. The fraction of sp³-hybridized carbons (Fsp3) is 0.632. The third kappa shape index (κ3) is 11.7. The maximum Gasteiger partial charge on any atom is 0.408 e. The molecule has 3 N–H and O–H groups in total. The summed E-state index contributed by atoms with van der Waals surface area (Å²) in [4.78, 5) is 21.0. The molecular weight excluding hydrogens is 457 g/mol. The molecule has 0 aromatic carbocycles. The minimum Gasteiger partial charge on any atom is -0.444 e. The van der Waals surface area contributed by atoms with Crippen LogP contribution in [0.25, 0.3) is 0 Å². The summed E-state index contributed by atoms with van der Waals surface area (Å²) < 4.78 is 5.31. The number of aryl methyl sites for hydroxylation is 1. The Hall–Kier alpha value is -1.58. The lowest BCUT2D eigenvalue weighted by molar-refractivity contribution is 0.0474. The number of carbonyl (C=O) groups is 1. The van der Waals surface area contributed by atoms with Crippen LogP contribution in [0.15, 0.2) is 23.2 Å². The van der Waals surface area contributed by atoms with Crippen LogP contribution in [0.5, 0.6) is 0 Å². The lowest BCUT2D eigenvalue weighted by atomic mass is 10.1. The van der Waals surface area contributed by atoms with Crippen LogP contribution >= 0.6 is 24.0 Å². The molecule has 1 aromatic heterocycles. The highest BCUT2D eigenvalue weighted by Crippen LogP contribution is 2.09. The average molecular weight is 491 g/mol. The molecule has 1 rings (SSSR count). The molecule has 27 heavy (non-hydrogen) atoms. The minimum absolute atomic E-state index is 0. The second-order valence-corrected chi connectivity index (χ2v) is 7.83. The number of nitrogens with one attached hydrogen (secondary N) is 3. The largest absolute Gasteiger partial charge is 0.444 e. The van der Waals surface area contributed by atoms with Gasteiger partial charge in [0.1, 0.15) is 5.60 Å². The quantitative estimate of drug-likeness (QED) is 0.323.